The van der Waals surface area contributed by atoms with Gasteiger partial charge >= 0.3 is 17.9 Å². The largest absolute Gasteiger partial charge is 0.481 e. The van der Waals surface area contributed by atoms with E-state index >= 15 is 0 Å². The van der Waals surface area contributed by atoms with Crippen molar-refractivity contribution in [3.63, 3.8) is 0 Å². The van der Waals surface area contributed by atoms with E-state index in [1.54, 1.807) is 20.8 Å². The van der Waals surface area contributed by atoms with Crippen molar-refractivity contribution in [3.8, 4) is 0 Å². The summed E-state index contributed by atoms with van der Waals surface area (Å²) in [4.78, 5) is 34.4. The number of carboxylic acids is 3. The van der Waals surface area contributed by atoms with Gasteiger partial charge in [-0.1, -0.05) is 84.8 Å². The Kier molecular flexibility index (Phi) is 21.8. The molecule has 0 saturated carbocycles. The lowest BCUT2D eigenvalue weighted by atomic mass is 10.0. The molecule has 3 N–H and O–H groups in total. The lowest BCUT2D eigenvalue weighted by Crippen LogP contribution is -2.52. The molecule has 228 valence electrons. The first-order valence-corrected chi connectivity index (χ1v) is 15.7. The van der Waals surface area contributed by atoms with Crippen LogP contribution in [0, 0.1) is 17.8 Å². The first-order chi connectivity index (χ1) is 18.5. The quantitative estimate of drug-likeness (QED) is 0.0543. The maximum Gasteiger partial charge on any atom is 0.306 e. The van der Waals surface area contributed by atoms with Crippen LogP contribution in [-0.4, -0.2) is 63.9 Å². The first-order valence-electron chi connectivity index (χ1n) is 15.7. The van der Waals surface area contributed by atoms with Crippen molar-refractivity contribution in [2.45, 2.75) is 130 Å². The third-order valence-corrected chi connectivity index (χ3v) is 8.27. The van der Waals surface area contributed by atoms with Gasteiger partial charge < -0.3 is 19.8 Å². The zero-order chi connectivity index (χ0) is 29.5. The third kappa shape index (κ3) is 19.8. The van der Waals surface area contributed by atoms with Gasteiger partial charge in [-0.2, -0.15) is 0 Å². The highest BCUT2D eigenvalue weighted by atomic mass is 16.4. The van der Waals surface area contributed by atoms with Gasteiger partial charge in [0.1, 0.15) is 0 Å². The molecule has 0 aromatic heterocycles. The number of hydrogen-bond donors (Lipinski definition) is 3. The highest BCUT2D eigenvalue weighted by Gasteiger charge is 2.31. The van der Waals surface area contributed by atoms with Gasteiger partial charge in [0.25, 0.3) is 0 Å². The van der Waals surface area contributed by atoms with Gasteiger partial charge in [0.05, 0.1) is 43.9 Å². The van der Waals surface area contributed by atoms with Crippen LogP contribution >= 0.6 is 0 Å². The highest BCUT2D eigenvalue weighted by molar-refractivity contribution is 5.70. The molecule has 0 aliphatic carbocycles. The molecule has 0 fully saturated rings. The van der Waals surface area contributed by atoms with Gasteiger partial charge in [-0.3, -0.25) is 14.4 Å². The van der Waals surface area contributed by atoms with Crippen LogP contribution in [-0.2, 0) is 14.4 Å². The Morgan fingerprint density at radius 1 is 0.538 bits per heavy atom. The number of unbranched alkanes of at least 4 members (excludes halogenated alkanes) is 11. The van der Waals surface area contributed by atoms with E-state index in [4.69, 9.17) is 0 Å². The number of carbonyl (C=O) groups is 3. The number of allylic oxidation sites excluding steroid dienone is 2. The van der Waals surface area contributed by atoms with E-state index < -0.39 is 35.7 Å². The number of aliphatic carboxylic acids is 3. The Labute approximate surface area is 238 Å². The van der Waals surface area contributed by atoms with Crippen LogP contribution in [0.15, 0.2) is 12.2 Å². The second-order valence-corrected chi connectivity index (χ2v) is 11.9. The average Bonchev–Trinajstić information content (AvgIpc) is 2.90. The minimum atomic E-state index is -0.828. The van der Waals surface area contributed by atoms with Crippen LogP contribution in [0.4, 0.5) is 0 Å². The van der Waals surface area contributed by atoms with Crippen LogP contribution in [0.1, 0.15) is 130 Å². The summed E-state index contributed by atoms with van der Waals surface area (Å²) in [6.07, 6.45) is 22.1. The Morgan fingerprint density at radius 3 is 1.23 bits per heavy atom. The number of rotatable bonds is 27. The summed E-state index contributed by atoms with van der Waals surface area (Å²) in [7, 11) is 0. The molecular weight excluding hydrogens is 494 g/mol. The second-order valence-electron chi connectivity index (χ2n) is 11.9. The summed E-state index contributed by atoms with van der Waals surface area (Å²) in [6.45, 7) is 10.1. The molecule has 39 heavy (non-hydrogen) atoms. The van der Waals surface area contributed by atoms with Crippen molar-refractivity contribution in [1.82, 2.24) is 0 Å². The van der Waals surface area contributed by atoms with Gasteiger partial charge in [0.2, 0.25) is 0 Å². The summed E-state index contributed by atoms with van der Waals surface area (Å²) in [5, 5.41) is 28.2. The van der Waals surface area contributed by atoms with Crippen LogP contribution in [0.25, 0.3) is 0 Å². The monoisotopic (exact) mass is 554 g/mol. The molecule has 0 heterocycles. The Bertz CT molecular complexity index is 632. The lowest BCUT2D eigenvalue weighted by molar-refractivity contribution is -0.929. The summed E-state index contributed by atoms with van der Waals surface area (Å²) < 4.78 is 0.602. The summed E-state index contributed by atoms with van der Waals surface area (Å²) in [5.74, 6) is -3.93. The molecule has 0 aromatic carbocycles. The summed E-state index contributed by atoms with van der Waals surface area (Å²) in [5.41, 5.74) is 0. The minimum Gasteiger partial charge on any atom is -0.481 e. The lowest BCUT2D eigenvalue weighted by Gasteiger charge is -2.40. The molecule has 7 nitrogen and oxygen atoms in total. The topological polar surface area (TPSA) is 112 Å². The molecule has 0 spiro atoms. The third-order valence-electron chi connectivity index (χ3n) is 8.27. The van der Waals surface area contributed by atoms with Crippen molar-refractivity contribution in [2.75, 3.05) is 26.2 Å². The van der Waals surface area contributed by atoms with Gasteiger partial charge in [-0.05, 0) is 38.5 Å². The normalized spacial score (nSPS) is 15.6. The average molecular weight is 555 g/mol. The standard InChI is InChI=1S/C32H59NO6/c1-5-6-7-8-9-10-11-12-13-14-15-16-17-18-19-23-33(24-20-27(2)30(34)35,25-21-28(3)31(36)37)26-22-29(4)32(38)39/h13-14,27-29H,5-12,15-26H2,1-4H3,(H2-,34,35,36,37,38,39)/p+1/b14-13+. The predicted octanol–water partition coefficient (Wildman–Crippen LogP) is 7.78. The van der Waals surface area contributed by atoms with Crippen molar-refractivity contribution in [2.24, 2.45) is 17.8 Å². The van der Waals surface area contributed by atoms with Crippen molar-refractivity contribution in [3.05, 3.63) is 12.2 Å². The van der Waals surface area contributed by atoms with Crippen molar-refractivity contribution in [1.29, 1.82) is 0 Å². The van der Waals surface area contributed by atoms with E-state index in [1.807, 2.05) is 0 Å². The van der Waals surface area contributed by atoms with Gasteiger partial charge in [-0.25, -0.2) is 0 Å². The second kappa shape index (κ2) is 22.9. The Morgan fingerprint density at radius 2 is 0.872 bits per heavy atom. The fourth-order valence-corrected chi connectivity index (χ4v) is 4.96. The Balaban J connectivity index is 4.76. The zero-order valence-electron chi connectivity index (χ0n) is 25.5. The van der Waals surface area contributed by atoms with E-state index in [9.17, 15) is 29.7 Å². The molecule has 0 radical (unpaired) electrons. The van der Waals surface area contributed by atoms with E-state index in [0.717, 1.165) is 38.6 Å². The number of nitrogens with zero attached hydrogens (tertiary/aromatic N) is 1. The Hall–Kier alpha value is -1.89. The number of carboxylic acid groups (broad SMARTS) is 3. The fourth-order valence-electron chi connectivity index (χ4n) is 4.96. The predicted molar refractivity (Wildman–Crippen MR) is 159 cm³/mol. The molecule has 0 aliphatic heterocycles. The van der Waals surface area contributed by atoms with Crippen LogP contribution in [0.3, 0.4) is 0 Å². The molecule has 0 amide bonds. The van der Waals surface area contributed by atoms with Crippen LogP contribution in [0.5, 0.6) is 0 Å². The van der Waals surface area contributed by atoms with Gasteiger partial charge in [0.15, 0.2) is 0 Å². The maximum atomic E-state index is 11.5. The van der Waals surface area contributed by atoms with E-state index in [1.165, 1.54) is 51.4 Å². The van der Waals surface area contributed by atoms with Gasteiger partial charge in [-0.15, -0.1) is 0 Å². The first kappa shape index (κ1) is 37.1. The van der Waals surface area contributed by atoms with Gasteiger partial charge in [0, 0.05) is 19.3 Å². The van der Waals surface area contributed by atoms with Crippen LogP contribution < -0.4 is 0 Å². The molecule has 3 unspecified atom stereocenters. The molecule has 0 aliphatic rings. The summed E-state index contributed by atoms with van der Waals surface area (Å²) >= 11 is 0. The smallest absolute Gasteiger partial charge is 0.306 e. The number of hydrogen-bond acceptors (Lipinski definition) is 3. The number of quaternary nitrogens is 1. The highest BCUT2D eigenvalue weighted by Crippen LogP contribution is 2.22. The summed E-state index contributed by atoms with van der Waals surface area (Å²) in [6, 6.07) is 0. The van der Waals surface area contributed by atoms with Crippen LogP contribution in [0.2, 0.25) is 0 Å². The molecule has 0 saturated heterocycles. The van der Waals surface area contributed by atoms with E-state index in [2.05, 4.69) is 19.1 Å². The molecule has 0 bridgehead atoms. The van der Waals surface area contributed by atoms with E-state index in [-0.39, 0.29) is 0 Å². The molecule has 0 rings (SSSR count). The van der Waals surface area contributed by atoms with Crippen molar-refractivity contribution < 1.29 is 34.2 Å². The molecule has 3 atom stereocenters. The molecule has 7 heteroatoms. The zero-order valence-corrected chi connectivity index (χ0v) is 25.5. The fraction of sp³-hybridized carbons (Fsp3) is 0.844. The minimum absolute atomic E-state index is 0.482. The molecular formula is C32H60NO6+. The molecule has 0 aromatic rings. The maximum absolute atomic E-state index is 11.5. The van der Waals surface area contributed by atoms with Crippen molar-refractivity contribution >= 4 is 17.9 Å². The van der Waals surface area contributed by atoms with E-state index in [0.29, 0.717) is 43.4 Å². The SMILES string of the molecule is CCCCCCCCC/C=C/CCCCCC[N+](CCC(C)C(=O)O)(CCC(C)C(=O)O)CCC(C)C(=O)O.